The number of nitrogens with one attached hydrogen (secondary N) is 2. The van der Waals surface area contributed by atoms with Crippen molar-refractivity contribution in [2.24, 2.45) is 0 Å². The molecule has 0 saturated carbocycles. The molecule has 0 spiro atoms. The van der Waals surface area contributed by atoms with Crippen LogP contribution in [0.1, 0.15) is 18.4 Å². The molecule has 0 radical (unpaired) electrons. The highest BCUT2D eigenvalue weighted by Gasteiger charge is 2.32. The van der Waals surface area contributed by atoms with Gasteiger partial charge in [-0.15, -0.1) is 0 Å². The van der Waals surface area contributed by atoms with Crippen molar-refractivity contribution in [3.63, 3.8) is 0 Å². The van der Waals surface area contributed by atoms with Gasteiger partial charge >= 0.3 is 6.09 Å². The first-order valence-electron chi connectivity index (χ1n) is 11.4. The summed E-state index contributed by atoms with van der Waals surface area (Å²) in [7, 11) is 1.57. The van der Waals surface area contributed by atoms with Crippen molar-refractivity contribution >= 4 is 34.3 Å². The second kappa shape index (κ2) is 9.75. The van der Waals surface area contributed by atoms with Gasteiger partial charge < -0.3 is 24.8 Å². The lowest BCUT2D eigenvalue weighted by atomic mass is 10.1. The van der Waals surface area contributed by atoms with E-state index >= 15 is 0 Å². The topological polar surface area (TPSA) is 102 Å². The highest BCUT2D eigenvalue weighted by Crippen LogP contribution is 2.34. The van der Waals surface area contributed by atoms with E-state index in [1.807, 2.05) is 0 Å². The molecule has 0 unspecified atom stereocenters. The first-order chi connectivity index (χ1) is 17.0. The highest BCUT2D eigenvalue weighted by molar-refractivity contribution is 5.97. The molecule has 3 aromatic rings. The number of carbonyl (C=O) groups is 2. The van der Waals surface area contributed by atoms with Crippen LogP contribution in [0.3, 0.4) is 0 Å². The second-order valence-corrected chi connectivity index (χ2v) is 8.42. The number of cyclic esters (lactones) is 1. The molecular weight excluding hydrogens is 455 g/mol. The average Bonchev–Trinajstić information content (AvgIpc) is 3.24. The fourth-order valence-corrected chi connectivity index (χ4v) is 4.30. The van der Waals surface area contributed by atoms with E-state index in [0.29, 0.717) is 65.4 Å². The average molecular weight is 480 g/mol. The number of halogens is 1. The highest BCUT2D eigenvalue weighted by atomic mass is 19.1. The van der Waals surface area contributed by atoms with Crippen LogP contribution in [0.25, 0.3) is 10.9 Å². The van der Waals surface area contributed by atoms with Crippen molar-refractivity contribution < 1.29 is 28.2 Å². The van der Waals surface area contributed by atoms with E-state index in [2.05, 4.69) is 15.6 Å². The molecular formula is C25H25FN4O5. The number of benzene rings is 2. The summed E-state index contributed by atoms with van der Waals surface area (Å²) in [5.74, 6) is 0.612. The summed E-state index contributed by atoms with van der Waals surface area (Å²) in [5.41, 5.74) is 2.41. The summed E-state index contributed by atoms with van der Waals surface area (Å²) < 4.78 is 30.6. The van der Waals surface area contributed by atoms with Crippen LogP contribution in [0.5, 0.6) is 11.5 Å². The Hall–Kier alpha value is -3.92. The molecule has 182 valence electrons. The molecule has 2 aliphatic heterocycles. The summed E-state index contributed by atoms with van der Waals surface area (Å²) in [6, 6.07) is 10.6. The molecule has 1 fully saturated rings. The normalized spacial score (nSPS) is 17.1. The number of nitrogens with zero attached hydrogens (tertiary/aromatic N) is 2. The molecule has 35 heavy (non-hydrogen) atoms. The quantitative estimate of drug-likeness (QED) is 0.475. The maximum atomic E-state index is 14.4. The SMILES string of the molecule is COc1ccc2ncc(F)c(CNCCC[C@@H]3CN(c4ccc5c(c4)NC(=O)CO5)C(=O)O3)c2c1. The third-order valence-corrected chi connectivity index (χ3v) is 6.10. The third-order valence-electron chi connectivity index (χ3n) is 6.10. The largest absolute Gasteiger partial charge is 0.497 e. The van der Waals surface area contributed by atoms with Gasteiger partial charge in [0.1, 0.15) is 23.4 Å². The Morgan fingerprint density at radius 2 is 2.14 bits per heavy atom. The van der Waals surface area contributed by atoms with E-state index < -0.39 is 6.09 Å². The predicted molar refractivity (Wildman–Crippen MR) is 127 cm³/mol. The number of amides is 2. The number of ether oxygens (including phenoxy) is 3. The zero-order valence-corrected chi connectivity index (χ0v) is 19.2. The Bertz CT molecular complexity index is 1280. The number of aromatic nitrogens is 1. The molecule has 2 amide bonds. The summed E-state index contributed by atoms with van der Waals surface area (Å²) in [4.78, 5) is 29.7. The Labute approximate surface area is 201 Å². The lowest BCUT2D eigenvalue weighted by Crippen LogP contribution is -2.27. The van der Waals surface area contributed by atoms with E-state index in [-0.39, 0.29) is 24.4 Å². The Morgan fingerprint density at radius 1 is 1.26 bits per heavy atom. The van der Waals surface area contributed by atoms with Gasteiger partial charge in [0, 0.05) is 23.2 Å². The number of carbonyl (C=O) groups excluding carboxylic acids is 2. The molecule has 9 nitrogen and oxygen atoms in total. The zero-order valence-electron chi connectivity index (χ0n) is 19.2. The van der Waals surface area contributed by atoms with Crippen molar-refractivity contribution in [1.82, 2.24) is 10.3 Å². The third kappa shape index (κ3) is 4.83. The van der Waals surface area contributed by atoms with Gasteiger partial charge in [0.15, 0.2) is 6.61 Å². The van der Waals surface area contributed by atoms with Gasteiger partial charge in [0.25, 0.3) is 5.91 Å². The van der Waals surface area contributed by atoms with Crippen LogP contribution < -0.4 is 25.0 Å². The van der Waals surface area contributed by atoms with Crippen molar-refractivity contribution in [3.05, 3.63) is 54.0 Å². The minimum absolute atomic E-state index is 0.0214. The molecule has 3 heterocycles. The van der Waals surface area contributed by atoms with Crippen molar-refractivity contribution in [2.45, 2.75) is 25.5 Å². The van der Waals surface area contributed by atoms with Crippen LogP contribution in [0.4, 0.5) is 20.6 Å². The van der Waals surface area contributed by atoms with Gasteiger partial charge in [-0.05, 0) is 55.8 Å². The van der Waals surface area contributed by atoms with Crippen LogP contribution in [0, 0.1) is 5.82 Å². The summed E-state index contributed by atoms with van der Waals surface area (Å²) in [6.45, 7) is 1.36. The van der Waals surface area contributed by atoms with E-state index in [0.717, 1.165) is 6.42 Å². The molecule has 2 aliphatic rings. The van der Waals surface area contributed by atoms with Gasteiger partial charge in [-0.1, -0.05) is 0 Å². The standard InChI is InChI=1S/C25H25FN4O5/c1-33-16-5-6-21-18(10-16)19(20(26)12-28-21)11-27-8-2-3-17-13-30(25(32)35-17)15-4-7-23-22(9-15)29-24(31)14-34-23/h4-7,9-10,12,17,27H,2-3,8,11,13-14H2,1H3,(H,29,31)/t17-/m1/s1. The fraction of sp³-hybridized carbons (Fsp3) is 0.320. The Balaban J connectivity index is 1.14. The van der Waals surface area contributed by atoms with Gasteiger partial charge in [0.2, 0.25) is 0 Å². The van der Waals surface area contributed by atoms with Gasteiger partial charge in [-0.2, -0.15) is 0 Å². The first-order valence-corrected chi connectivity index (χ1v) is 11.4. The van der Waals surface area contributed by atoms with E-state index in [4.69, 9.17) is 14.2 Å². The number of pyridine rings is 1. The monoisotopic (exact) mass is 480 g/mol. The van der Waals surface area contributed by atoms with Crippen molar-refractivity contribution in [3.8, 4) is 11.5 Å². The lowest BCUT2D eigenvalue weighted by molar-refractivity contribution is -0.118. The summed E-state index contributed by atoms with van der Waals surface area (Å²) in [5, 5.41) is 6.73. The van der Waals surface area contributed by atoms with Crippen LogP contribution >= 0.6 is 0 Å². The Kier molecular flexibility index (Phi) is 6.37. The number of fused-ring (bicyclic) bond motifs is 2. The molecule has 0 aliphatic carbocycles. The minimum atomic E-state index is -0.426. The van der Waals surface area contributed by atoms with Gasteiger partial charge in [-0.3, -0.25) is 14.7 Å². The van der Waals surface area contributed by atoms with E-state index in [1.165, 1.54) is 6.20 Å². The number of hydrogen-bond acceptors (Lipinski definition) is 7. The lowest BCUT2D eigenvalue weighted by Gasteiger charge is -2.20. The molecule has 2 aromatic carbocycles. The smallest absolute Gasteiger partial charge is 0.414 e. The first kappa shape index (κ1) is 22.9. The van der Waals surface area contributed by atoms with Crippen molar-refractivity contribution in [1.29, 1.82) is 0 Å². The number of methoxy groups -OCH3 is 1. The van der Waals surface area contributed by atoms with Crippen LogP contribution in [-0.2, 0) is 16.1 Å². The molecule has 1 saturated heterocycles. The second-order valence-electron chi connectivity index (χ2n) is 8.42. The Morgan fingerprint density at radius 3 is 3.00 bits per heavy atom. The predicted octanol–water partition coefficient (Wildman–Crippen LogP) is 3.61. The summed E-state index contributed by atoms with van der Waals surface area (Å²) >= 11 is 0. The maximum absolute atomic E-state index is 14.4. The van der Waals surface area contributed by atoms with E-state index in [9.17, 15) is 14.0 Å². The fourth-order valence-electron chi connectivity index (χ4n) is 4.30. The molecule has 1 atom stereocenters. The summed E-state index contributed by atoms with van der Waals surface area (Å²) in [6.07, 6.45) is 1.96. The van der Waals surface area contributed by atoms with E-state index in [1.54, 1.807) is 48.4 Å². The zero-order chi connectivity index (χ0) is 24.4. The van der Waals surface area contributed by atoms with Crippen molar-refractivity contribution in [2.75, 3.05) is 37.0 Å². The minimum Gasteiger partial charge on any atom is -0.497 e. The number of hydrogen-bond donors (Lipinski definition) is 2. The van der Waals surface area contributed by atoms with Gasteiger partial charge in [-0.25, -0.2) is 9.18 Å². The van der Waals surface area contributed by atoms with Crippen LogP contribution in [-0.4, -0.2) is 49.9 Å². The van der Waals surface area contributed by atoms with Gasteiger partial charge in [0.05, 0.1) is 31.1 Å². The molecule has 2 N–H and O–H groups in total. The molecule has 10 heteroatoms. The molecule has 5 rings (SSSR count). The number of rotatable bonds is 8. The van der Waals surface area contributed by atoms with Crippen LogP contribution in [0.15, 0.2) is 42.6 Å². The number of anilines is 2. The van der Waals surface area contributed by atoms with Crippen LogP contribution in [0.2, 0.25) is 0 Å². The molecule has 1 aromatic heterocycles. The molecule has 0 bridgehead atoms. The maximum Gasteiger partial charge on any atom is 0.414 e.